The van der Waals surface area contributed by atoms with Gasteiger partial charge in [0.05, 0.1) is 9.21 Å². The third-order valence-electron chi connectivity index (χ3n) is 2.41. The minimum absolute atomic E-state index is 0.313. The average Bonchev–Trinajstić information content (AvgIpc) is 2.87. The Morgan fingerprint density at radius 1 is 1.31 bits per heavy atom. The van der Waals surface area contributed by atoms with E-state index in [9.17, 15) is 9.59 Å². The van der Waals surface area contributed by atoms with Crippen molar-refractivity contribution in [3.8, 4) is 0 Å². The maximum atomic E-state index is 11.6. The summed E-state index contributed by atoms with van der Waals surface area (Å²) in [6, 6.07) is 2.94. The molecule has 1 aromatic rings. The number of carbonyl (C=O) groups is 2. The molecule has 2 heterocycles. The van der Waals surface area contributed by atoms with Crippen molar-refractivity contribution >= 4 is 34.9 Å². The van der Waals surface area contributed by atoms with E-state index in [2.05, 4.69) is 5.32 Å². The Balaban J connectivity index is 1.94. The van der Waals surface area contributed by atoms with Crippen molar-refractivity contribution in [2.45, 2.75) is 12.8 Å². The van der Waals surface area contributed by atoms with Crippen LogP contribution in [0.15, 0.2) is 12.1 Å². The molecular weight excluding hydrogens is 248 g/mol. The molecule has 0 radical (unpaired) electrons. The normalized spacial score (nSPS) is 15.2. The molecule has 1 aromatic heterocycles. The van der Waals surface area contributed by atoms with Gasteiger partial charge in [-0.1, -0.05) is 11.6 Å². The minimum atomic E-state index is -0.381. The largest absolute Gasteiger partial charge is 0.324 e. The Morgan fingerprint density at radius 2 is 2.00 bits per heavy atom. The summed E-state index contributed by atoms with van der Waals surface area (Å²) in [5.74, 6) is -0.381. The molecule has 4 nitrogen and oxygen atoms in total. The monoisotopic (exact) mass is 258 g/mol. The zero-order chi connectivity index (χ0) is 11.5. The number of imide groups is 1. The molecule has 1 saturated heterocycles. The molecule has 6 heteroatoms. The molecule has 0 bridgehead atoms. The van der Waals surface area contributed by atoms with Crippen molar-refractivity contribution in [1.82, 2.24) is 10.2 Å². The summed E-state index contributed by atoms with van der Waals surface area (Å²) in [4.78, 5) is 25.3. The van der Waals surface area contributed by atoms with Gasteiger partial charge in [-0.05, 0) is 25.0 Å². The lowest BCUT2D eigenvalue weighted by Gasteiger charge is -2.14. The number of halogens is 1. The molecule has 1 aliphatic rings. The van der Waals surface area contributed by atoms with Gasteiger partial charge in [-0.2, -0.15) is 0 Å². The van der Waals surface area contributed by atoms with Crippen LogP contribution in [-0.2, 0) is 0 Å². The number of likely N-dealkylation sites (tertiary alicyclic amines) is 1. The fraction of sp³-hybridized carbons (Fsp3) is 0.400. The van der Waals surface area contributed by atoms with E-state index in [0.29, 0.717) is 9.21 Å². The van der Waals surface area contributed by atoms with Crippen LogP contribution in [0, 0.1) is 0 Å². The quantitative estimate of drug-likeness (QED) is 0.841. The molecule has 16 heavy (non-hydrogen) atoms. The molecule has 1 fully saturated rings. The molecular formula is C10H11ClN2O2S. The second kappa shape index (κ2) is 4.84. The van der Waals surface area contributed by atoms with Crippen molar-refractivity contribution in [1.29, 1.82) is 0 Å². The van der Waals surface area contributed by atoms with E-state index in [1.54, 1.807) is 17.0 Å². The van der Waals surface area contributed by atoms with E-state index in [1.807, 2.05) is 0 Å². The molecule has 0 atom stereocenters. The molecule has 0 saturated carbocycles. The van der Waals surface area contributed by atoms with Crippen LogP contribution in [0.4, 0.5) is 4.79 Å². The number of carbonyl (C=O) groups excluding carboxylic acids is 2. The number of thiophene rings is 1. The predicted molar refractivity (Wildman–Crippen MR) is 63.0 cm³/mol. The van der Waals surface area contributed by atoms with Crippen LogP contribution in [0.3, 0.4) is 0 Å². The predicted octanol–water partition coefficient (Wildman–Crippen LogP) is 2.35. The van der Waals surface area contributed by atoms with Gasteiger partial charge in [0.25, 0.3) is 5.91 Å². The highest BCUT2D eigenvalue weighted by atomic mass is 35.5. The van der Waals surface area contributed by atoms with Crippen molar-refractivity contribution in [3.63, 3.8) is 0 Å². The first kappa shape index (κ1) is 11.4. The maximum absolute atomic E-state index is 11.6. The minimum Gasteiger partial charge on any atom is -0.324 e. The summed E-state index contributed by atoms with van der Waals surface area (Å²) in [6.45, 7) is 1.45. The number of nitrogens with zero attached hydrogens (tertiary/aromatic N) is 1. The van der Waals surface area contributed by atoms with Crippen LogP contribution in [0.2, 0.25) is 4.34 Å². The highest BCUT2D eigenvalue weighted by Crippen LogP contribution is 2.21. The van der Waals surface area contributed by atoms with E-state index in [-0.39, 0.29) is 11.9 Å². The topological polar surface area (TPSA) is 49.4 Å². The summed E-state index contributed by atoms with van der Waals surface area (Å²) in [6.07, 6.45) is 2.01. The average molecular weight is 259 g/mol. The highest BCUT2D eigenvalue weighted by Gasteiger charge is 2.20. The van der Waals surface area contributed by atoms with Gasteiger partial charge < -0.3 is 4.90 Å². The van der Waals surface area contributed by atoms with Crippen LogP contribution in [-0.4, -0.2) is 29.9 Å². The molecule has 0 spiro atoms. The van der Waals surface area contributed by atoms with Gasteiger partial charge in [0.2, 0.25) is 0 Å². The number of nitrogens with one attached hydrogen (secondary N) is 1. The van der Waals surface area contributed by atoms with Gasteiger partial charge in [0.1, 0.15) is 0 Å². The molecule has 3 amide bonds. The first-order chi connectivity index (χ1) is 7.66. The summed E-state index contributed by atoms with van der Waals surface area (Å²) < 4.78 is 0.541. The lowest BCUT2D eigenvalue weighted by molar-refractivity contribution is 0.0958. The van der Waals surface area contributed by atoms with Crippen LogP contribution in [0.25, 0.3) is 0 Å². The fourth-order valence-electron chi connectivity index (χ4n) is 1.59. The fourth-order valence-corrected chi connectivity index (χ4v) is 2.53. The SMILES string of the molecule is O=C(NC(=O)N1CCCC1)c1ccc(Cl)s1. The van der Waals surface area contributed by atoms with Crippen molar-refractivity contribution in [3.05, 3.63) is 21.3 Å². The Kier molecular flexibility index (Phi) is 3.46. The molecule has 1 N–H and O–H groups in total. The zero-order valence-corrected chi connectivity index (χ0v) is 10.1. The third kappa shape index (κ3) is 2.54. The van der Waals surface area contributed by atoms with Crippen molar-refractivity contribution in [2.75, 3.05) is 13.1 Å². The number of hydrogen-bond acceptors (Lipinski definition) is 3. The van der Waals surface area contributed by atoms with E-state index < -0.39 is 0 Å². The number of hydrogen-bond donors (Lipinski definition) is 1. The van der Waals surface area contributed by atoms with E-state index in [0.717, 1.165) is 37.3 Å². The van der Waals surface area contributed by atoms with Crippen LogP contribution in [0.5, 0.6) is 0 Å². The van der Waals surface area contributed by atoms with Gasteiger partial charge in [-0.15, -0.1) is 11.3 Å². The Morgan fingerprint density at radius 3 is 2.56 bits per heavy atom. The molecule has 0 aromatic carbocycles. The molecule has 2 rings (SSSR count). The first-order valence-corrected chi connectivity index (χ1v) is 6.22. The first-order valence-electron chi connectivity index (χ1n) is 5.02. The standard InChI is InChI=1S/C10H11ClN2O2S/c11-8-4-3-7(16-8)9(14)12-10(15)13-5-1-2-6-13/h3-4H,1-2,5-6H2,(H,12,14,15). The maximum Gasteiger partial charge on any atom is 0.324 e. The summed E-state index contributed by atoms with van der Waals surface area (Å²) >= 11 is 6.87. The Bertz CT molecular complexity index is 413. The smallest absolute Gasteiger partial charge is 0.324 e. The second-order valence-corrected chi connectivity index (χ2v) is 5.27. The van der Waals surface area contributed by atoms with Gasteiger partial charge in [-0.25, -0.2) is 4.79 Å². The van der Waals surface area contributed by atoms with Crippen LogP contribution in [0.1, 0.15) is 22.5 Å². The lowest BCUT2D eigenvalue weighted by Crippen LogP contribution is -2.41. The number of rotatable bonds is 1. The van der Waals surface area contributed by atoms with Crippen LogP contribution < -0.4 is 5.32 Å². The second-order valence-electron chi connectivity index (χ2n) is 3.56. The van der Waals surface area contributed by atoms with E-state index >= 15 is 0 Å². The Labute approximate surface area is 102 Å². The van der Waals surface area contributed by atoms with Crippen molar-refractivity contribution in [2.24, 2.45) is 0 Å². The van der Waals surface area contributed by atoms with Gasteiger partial charge in [-0.3, -0.25) is 10.1 Å². The van der Waals surface area contributed by atoms with Gasteiger partial charge >= 0.3 is 6.03 Å². The number of urea groups is 1. The number of amides is 3. The third-order valence-corrected chi connectivity index (χ3v) is 3.64. The lowest BCUT2D eigenvalue weighted by atomic mass is 10.4. The van der Waals surface area contributed by atoms with E-state index in [4.69, 9.17) is 11.6 Å². The Hall–Kier alpha value is -1.07. The zero-order valence-electron chi connectivity index (χ0n) is 8.53. The molecule has 1 aliphatic heterocycles. The summed E-state index contributed by atoms with van der Waals surface area (Å²) in [5.41, 5.74) is 0. The van der Waals surface area contributed by atoms with Crippen molar-refractivity contribution < 1.29 is 9.59 Å². The van der Waals surface area contributed by atoms with Gasteiger partial charge in [0.15, 0.2) is 0 Å². The van der Waals surface area contributed by atoms with E-state index in [1.165, 1.54) is 0 Å². The summed E-state index contributed by atoms with van der Waals surface area (Å²) in [7, 11) is 0. The molecule has 0 unspecified atom stereocenters. The van der Waals surface area contributed by atoms with Crippen LogP contribution >= 0.6 is 22.9 Å². The summed E-state index contributed by atoms with van der Waals surface area (Å²) in [5, 5.41) is 2.35. The molecule has 86 valence electrons. The van der Waals surface area contributed by atoms with Gasteiger partial charge in [0, 0.05) is 13.1 Å². The highest BCUT2D eigenvalue weighted by molar-refractivity contribution is 7.18. The molecule has 0 aliphatic carbocycles.